The van der Waals surface area contributed by atoms with Crippen LogP contribution in [0.3, 0.4) is 0 Å². The number of anilines is 2. The van der Waals surface area contributed by atoms with Crippen LogP contribution in [-0.2, 0) is 0 Å². The number of aliphatic hydroxyl groups is 1. The summed E-state index contributed by atoms with van der Waals surface area (Å²) in [6.07, 6.45) is -1.95. The largest absolute Gasteiger partial charge is 0.386 e. The molecule has 2 aliphatic rings. The third kappa shape index (κ3) is 3.92. The molecule has 28 heavy (non-hydrogen) atoms. The van der Waals surface area contributed by atoms with Crippen molar-refractivity contribution in [3.8, 4) is 0 Å². The van der Waals surface area contributed by atoms with E-state index in [-0.39, 0.29) is 48.6 Å². The van der Waals surface area contributed by atoms with Gasteiger partial charge in [0.2, 0.25) is 11.9 Å². The summed E-state index contributed by atoms with van der Waals surface area (Å²) in [7, 11) is 0.700. The van der Waals surface area contributed by atoms with E-state index in [1.807, 2.05) is 0 Å². The van der Waals surface area contributed by atoms with Gasteiger partial charge in [0.25, 0.3) is 11.8 Å². The second-order valence-electron chi connectivity index (χ2n) is 7.78. The molecular formula is C16H21BF5N5O. The highest BCUT2D eigenvalue weighted by Crippen LogP contribution is 2.46. The molecule has 3 N–H and O–H groups in total. The van der Waals surface area contributed by atoms with Crippen LogP contribution in [0.25, 0.3) is 5.57 Å². The van der Waals surface area contributed by atoms with Crippen LogP contribution in [0.5, 0.6) is 0 Å². The molecule has 0 spiro atoms. The van der Waals surface area contributed by atoms with E-state index in [4.69, 9.17) is 0 Å². The Morgan fingerprint density at radius 3 is 2.29 bits per heavy atom. The molecule has 1 fully saturated rings. The molecule has 1 aromatic heterocycles. The number of hydrogen-bond acceptors (Lipinski definition) is 6. The number of hydrogen-bond donors (Lipinski definition) is 3. The van der Waals surface area contributed by atoms with Gasteiger partial charge in [-0.2, -0.15) is 15.0 Å². The number of allylic oxidation sites excluding steroid dienone is 1. The molecule has 154 valence electrons. The maximum absolute atomic E-state index is 14.7. The van der Waals surface area contributed by atoms with Gasteiger partial charge in [0.05, 0.1) is 0 Å². The summed E-state index contributed by atoms with van der Waals surface area (Å²) in [6.45, 7) is 3.60. The topological polar surface area (TPSA) is 83.0 Å². The monoisotopic (exact) mass is 405 g/mol. The van der Waals surface area contributed by atoms with E-state index in [2.05, 4.69) is 25.6 Å². The predicted molar refractivity (Wildman–Crippen MR) is 95.9 cm³/mol. The molecule has 0 radical (unpaired) electrons. The summed E-state index contributed by atoms with van der Waals surface area (Å²) in [6, 6.07) is -0.663. The molecule has 1 aromatic rings. The van der Waals surface area contributed by atoms with Crippen molar-refractivity contribution in [3.63, 3.8) is 0 Å². The lowest BCUT2D eigenvalue weighted by Gasteiger charge is -2.37. The van der Waals surface area contributed by atoms with Gasteiger partial charge in [-0.05, 0) is 20.3 Å². The van der Waals surface area contributed by atoms with E-state index in [1.165, 1.54) is 0 Å². The van der Waals surface area contributed by atoms with Crippen molar-refractivity contribution in [2.24, 2.45) is 0 Å². The summed E-state index contributed by atoms with van der Waals surface area (Å²) < 4.78 is 68.6. The third-order valence-electron chi connectivity index (χ3n) is 4.84. The van der Waals surface area contributed by atoms with E-state index >= 15 is 0 Å². The highest BCUT2D eigenvalue weighted by Gasteiger charge is 2.55. The summed E-state index contributed by atoms with van der Waals surface area (Å²) >= 11 is 0. The van der Waals surface area contributed by atoms with Gasteiger partial charge >= 0.3 is 0 Å². The van der Waals surface area contributed by atoms with Gasteiger partial charge in [-0.1, -0.05) is 0 Å². The number of halogens is 5. The first-order valence-corrected chi connectivity index (χ1v) is 8.97. The van der Waals surface area contributed by atoms with E-state index in [0.717, 1.165) is 0 Å². The Hall–Kier alpha value is -1.98. The highest BCUT2D eigenvalue weighted by atomic mass is 19.3. The zero-order valence-corrected chi connectivity index (χ0v) is 15.7. The molecule has 3 rings (SSSR count). The van der Waals surface area contributed by atoms with Crippen LogP contribution in [0.4, 0.5) is 33.8 Å². The maximum atomic E-state index is 14.7. The van der Waals surface area contributed by atoms with E-state index in [0.29, 0.717) is 7.85 Å². The van der Waals surface area contributed by atoms with Crippen LogP contribution in [-0.4, -0.2) is 57.3 Å². The first-order valence-electron chi connectivity index (χ1n) is 8.97. The number of nitrogens with one attached hydrogen (secondary N) is 2. The molecule has 1 atom stereocenters. The molecule has 0 amide bonds. The summed E-state index contributed by atoms with van der Waals surface area (Å²) in [4.78, 5) is 12.2. The zero-order chi connectivity index (χ0) is 20.9. The molecule has 12 heteroatoms. The van der Waals surface area contributed by atoms with Gasteiger partial charge in [-0.3, -0.25) is 0 Å². The lowest BCUT2D eigenvalue weighted by molar-refractivity contribution is -0.132. The minimum absolute atomic E-state index is 0.0471. The van der Waals surface area contributed by atoms with E-state index < -0.39 is 35.6 Å². The van der Waals surface area contributed by atoms with Crippen molar-refractivity contribution in [1.29, 1.82) is 0 Å². The van der Waals surface area contributed by atoms with Crippen molar-refractivity contribution >= 4 is 25.3 Å². The quantitative estimate of drug-likeness (QED) is 0.516. The number of alkyl halides is 4. The lowest BCUT2D eigenvalue weighted by Crippen LogP contribution is -2.51. The highest BCUT2D eigenvalue weighted by molar-refractivity contribution is 6.18. The average molecular weight is 405 g/mol. The lowest BCUT2D eigenvalue weighted by atomic mass is 9.68. The fourth-order valence-electron chi connectivity index (χ4n) is 3.14. The first-order chi connectivity index (χ1) is 12.8. The van der Waals surface area contributed by atoms with Crippen LogP contribution in [0.15, 0.2) is 5.83 Å². The minimum atomic E-state index is -3.63. The molecule has 0 aromatic carbocycles. The Balaban J connectivity index is 1.97. The second-order valence-corrected chi connectivity index (χ2v) is 7.78. The van der Waals surface area contributed by atoms with Crippen LogP contribution in [0, 0.1) is 0 Å². The number of rotatable bonds is 5. The normalized spacial score (nSPS) is 26.9. The van der Waals surface area contributed by atoms with Crippen molar-refractivity contribution in [2.75, 3.05) is 10.6 Å². The Kier molecular flexibility index (Phi) is 5.05. The number of nitrogens with zero attached hydrogens (tertiary/aromatic N) is 3. The summed E-state index contributed by atoms with van der Waals surface area (Å²) in [5, 5.41) is 15.6. The number of aromatic nitrogens is 3. The van der Waals surface area contributed by atoms with E-state index in [9.17, 15) is 27.1 Å². The van der Waals surface area contributed by atoms with Gasteiger partial charge in [-0.25, -0.2) is 22.0 Å². The zero-order valence-electron chi connectivity index (χ0n) is 15.7. The SMILES string of the molecule is BC1(O)C(F)=C(c2nc(NC(C)C)nc(NC3CC(F)(F)C3)n2)CCC1(F)F. The smallest absolute Gasteiger partial charge is 0.274 e. The molecule has 0 aliphatic heterocycles. The van der Waals surface area contributed by atoms with Crippen LogP contribution in [0.2, 0.25) is 0 Å². The fraction of sp³-hybridized carbons (Fsp3) is 0.688. The van der Waals surface area contributed by atoms with Gasteiger partial charge in [0.15, 0.2) is 13.7 Å². The van der Waals surface area contributed by atoms with Crippen molar-refractivity contribution in [3.05, 3.63) is 11.7 Å². The van der Waals surface area contributed by atoms with E-state index in [1.54, 1.807) is 13.8 Å². The second kappa shape index (κ2) is 6.82. The van der Waals surface area contributed by atoms with Gasteiger partial charge in [0.1, 0.15) is 11.3 Å². The fourth-order valence-corrected chi connectivity index (χ4v) is 3.14. The van der Waals surface area contributed by atoms with Gasteiger partial charge in [0, 0.05) is 36.9 Å². The molecule has 1 heterocycles. The molecule has 0 saturated heterocycles. The van der Waals surface area contributed by atoms with Gasteiger partial charge < -0.3 is 15.7 Å². The predicted octanol–water partition coefficient (Wildman–Crippen LogP) is 2.33. The molecular weight excluding hydrogens is 384 g/mol. The van der Waals surface area contributed by atoms with Gasteiger partial charge in [-0.15, -0.1) is 0 Å². The minimum Gasteiger partial charge on any atom is -0.386 e. The summed E-state index contributed by atoms with van der Waals surface area (Å²) in [5.74, 6) is -8.04. The maximum Gasteiger partial charge on any atom is 0.274 e. The average Bonchev–Trinajstić information content (AvgIpc) is 2.50. The molecule has 6 nitrogen and oxygen atoms in total. The van der Waals surface area contributed by atoms with Crippen molar-refractivity contribution in [1.82, 2.24) is 15.0 Å². The third-order valence-corrected chi connectivity index (χ3v) is 4.84. The molecule has 2 aliphatic carbocycles. The Morgan fingerprint density at radius 1 is 1.11 bits per heavy atom. The summed E-state index contributed by atoms with van der Waals surface area (Å²) in [5.41, 5.74) is -3.24. The van der Waals surface area contributed by atoms with Crippen molar-refractivity contribution in [2.45, 2.75) is 69.0 Å². The Labute approximate surface area is 159 Å². The standard InChI is InChI=1S/C16H21BF5N5O/c1-7(2)23-12-25-11(9-3-4-15(21,22)16(17,28)10(9)18)26-13(27-12)24-8-5-14(19,20)6-8/h7-8,28H,3-6,17H2,1-2H3,(H2,23,24,25,26,27). The molecule has 0 bridgehead atoms. The Morgan fingerprint density at radius 2 is 1.71 bits per heavy atom. The van der Waals surface area contributed by atoms with Crippen LogP contribution >= 0.6 is 0 Å². The van der Waals surface area contributed by atoms with Crippen LogP contribution < -0.4 is 10.6 Å². The Bertz CT molecular complexity index is 794. The first kappa shape index (κ1) is 20.8. The van der Waals surface area contributed by atoms with Crippen LogP contribution in [0.1, 0.15) is 45.4 Å². The van der Waals surface area contributed by atoms with Crippen molar-refractivity contribution < 1.29 is 27.1 Å². The molecule has 1 saturated carbocycles. The molecule has 1 unspecified atom stereocenters.